The Bertz CT molecular complexity index is 1360. The molecule has 0 fully saturated rings. The lowest BCUT2D eigenvalue weighted by Crippen LogP contribution is -2.21. The third kappa shape index (κ3) is 8.26. The van der Waals surface area contributed by atoms with Crippen LogP contribution in [0.4, 0.5) is 8.78 Å². The van der Waals surface area contributed by atoms with Crippen molar-refractivity contribution in [1.29, 1.82) is 0 Å². The highest BCUT2D eigenvalue weighted by molar-refractivity contribution is 5.95. The van der Waals surface area contributed by atoms with Gasteiger partial charge in [-0.15, -0.1) is 0 Å². The van der Waals surface area contributed by atoms with Crippen LogP contribution in [0.2, 0.25) is 0 Å². The molecule has 0 aliphatic rings. The predicted octanol–water partition coefficient (Wildman–Crippen LogP) is 5.17. The number of aliphatic carboxylic acids is 2. The van der Waals surface area contributed by atoms with Gasteiger partial charge in [-0.2, -0.15) is 0 Å². The third-order valence-electron chi connectivity index (χ3n) is 5.82. The second-order valence-corrected chi connectivity index (χ2v) is 9.00. The van der Waals surface area contributed by atoms with Crippen LogP contribution in [0.25, 0.3) is 11.1 Å². The number of carbonyl (C=O) groups is 3. The molecule has 0 spiro atoms. The first-order valence-corrected chi connectivity index (χ1v) is 12.2. The van der Waals surface area contributed by atoms with Crippen LogP contribution in [-0.4, -0.2) is 53.7 Å². The predicted molar refractivity (Wildman–Crippen MR) is 139 cm³/mol. The molecule has 3 aromatic rings. The molecular weight excluding hydrogens is 512 g/mol. The van der Waals surface area contributed by atoms with Crippen LogP contribution in [0.3, 0.4) is 0 Å². The molecule has 0 heterocycles. The quantitative estimate of drug-likeness (QED) is 0.287. The topological polar surface area (TPSA) is 113 Å². The van der Waals surface area contributed by atoms with Gasteiger partial charge in [-0.05, 0) is 65.9 Å². The number of carbonyl (C=O) groups excluding carboxylic acids is 1. The maximum atomic E-state index is 13.9. The lowest BCUT2D eigenvalue weighted by molar-refractivity contribution is -0.138. The first-order valence-electron chi connectivity index (χ1n) is 12.2. The minimum atomic E-state index is -1.03. The molecule has 0 aromatic heterocycles. The molecule has 0 aliphatic carbocycles. The van der Waals surface area contributed by atoms with Crippen LogP contribution >= 0.6 is 0 Å². The summed E-state index contributed by atoms with van der Waals surface area (Å²) >= 11 is 0. The molecule has 10 heteroatoms. The lowest BCUT2D eigenvalue weighted by Gasteiger charge is -2.17. The Kier molecular flexibility index (Phi) is 9.97. The first-order chi connectivity index (χ1) is 18.5. The smallest absolute Gasteiger partial charge is 0.303 e. The van der Waals surface area contributed by atoms with Crippen molar-refractivity contribution in [2.45, 2.75) is 32.3 Å². The number of carboxylic acid groups (broad SMARTS) is 2. The van der Waals surface area contributed by atoms with E-state index in [1.54, 1.807) is 44.4 Å². The van der Waals surface area contributed by atoms with E-state index in [-0.39, 0.29) is 50.4 Å². The average Bonchev–Trinajstić information content (AvgIpc) is 2.89. The second kappa shape index (κ2) is 13.4. The highest BCUT2D eigenvalue weighted by Crippen LogP contribution is 2.30. The van der Waals surface area contributed by atoms with Gasteiger partial charge in [0.2, 0.25) is 0 Å². The largest absolute Gasteiger partial charge is 0.493 e. The number of rotatable bonds is 13. The molecule has 0 atom stereocenters. The van der Waals surface area contributed by atoms with Crippen molar-refractivity contribution >= 4 is 17.8 Å². The summed E-state index contributed by atoms with van der Waals surface area (Å²) in [7, 11) is 3.17. The van der Waals surface area contributed by atoms with Gasteiger partial charge in [0, 0.05) is 38.1 Å². The monoisotopic (exact) mass is 541 g/mol. The highest BCUT2D eigenvalue weighted by Gasteiger charge is 2.16. The highest BCUT2D eigenvalue weighted by atomic mass is 19.2. The number of hydrogen-bond acceptors (Lipinski definition) is 5. The average molecular weight is 542 g/mol. The van der Waals surface area contributed by atoms with Crippen molar-refractivity contribution in [2.24, 2.45) is 0 Å². The number of halogens is 2. The molecule has 39 heavy (non-hydrogen) atoms. The molecule has 2 N–H and O–H groups in total. The molecule has 1 amide bonds. The van der Waals surface area contributed by atoms with Crippen molar-refractivity contribution in [3.05, 3.63) is 82.9 Å². The fourth-order valence-corrected chi connectivity index (χ4v) is 3.87. The number of ether oxygens (including phenoxy) is 2. The van der Waals surface area contributed by atoms with Crippen LogP contribution in [0.1, 0.15) is 40.7 Å². The Balaban J connectivity index is 1.92. The van der Waals surface area contributed by atoms with Crippen LogP contribution in [-0.2, 0) is 22.6 Å². The van der Waals surface area contributed by atoms with Crippen LogP contribution in [0.15, 0.2) is 54.6 Å². The van der Waals surface area contributed by atoms with Crippen molar-refractivity contribution < 1.29 is 42.9 Å². The number of benzene rings is 3. The molecule has 8 nitrogen and oxygen atoms in total. The molecule has 0 radical (unpaired) electrons. The minimum Gasteiger partial charge on any atom is -0.493 e. The normalized spacial score (nSPS) is 10.7. The van der Waals surface area contributed by atoms with Crippen molar-refractivity contribution in [3.63, 3.8) is 0 Å². The van der Waals surface area contributed by atoms with Gasteiger partial charge in [-0.3, -0.25) is 14.4 Å². The Labute approximate surface area is 224 Å². The molecule has 0 saturated carbocycles. The van der Waals surface area contributed by atoms with Crippen LogP contribution < -0.4 is 9.47 Å². The van der Waals surface area contributed by atoms with Crippen molar-refractivity contribution in [3.8, 4) is 22.6 Å². The summed E-state index contributed by atoms with van der Waals surface area (Å²) in [5.74, 6) is -3.54. The molecule has 0 saturated heterocycles. The Hall–Kier alpha value is -4.47. The number of carboxylic acids is 2. The maximum Gasteiger partial charge on any atom is 0.303 e. The third-order valence-corrected chi connectivity index (χ3v) is 5.82. The summed E-state index contributed by atoms with van der Waals surface area (Å²) in [6, 6.07) is 13.3. The van der Waals surface area contributed by atoms with E-state index in [2.05, 4.69) is 0 Å². The lowest BCUT2D eigenvalue weighted by atomic mass is 10.0. The number of nitrogens with zero attached hydrogens (tertiary/aromatic N) is 1. The number of amides is 1. The standard InChI is InChI=1S/C29H29F2NO7/c1-32(2)29(37)21-13-20(18-8-10-24(30)25(31)16-18)14-22(15-21)39-17-19-5-3-6-26(23(19)9-11-28(35)36)38-12-4-7-27(33)34/h3,5-6,8,10,13-16H,4,7,9,11-12,17H2,1-2H3,(H,33,34)(H,35,36). The zero-order valence-corrected chi connectivity index (χ0v) is 21.6. The van der Waals surface area contributed by atoms with Gasteiger partial charge >= 0.3 is 11.9 Å². The summed E-state index contributed by atoms with van der Waals surface area (Å²) in [6.07, 6.45) is 0.224. The fourth-order valence-electron chi connectivity index (χ4n) is 3.87. The summed E-state index contributed by atoms with van der Waals surface area (Å²) in [5.41, 5.74) is 2.32. The van der Waals surface area contributed by atoms with E-state index >= 15 is 0 Å². The van der Waals surface area contributed by atoms with Gasteiger partial charge in [0.25, 0.3) is 5.91 Å². The van der Waals surface area contributed by atoms with Gasteiger partial charge < -0.3 is 24.6 Å². The second-order valence-electron chi connectivity index (χ2n) is 9.00. The van der Waals surface area contributed by atoms with E-state index in [0.29, 0.717) is 33.8 Å². The van der Waals surface area contributed by atoms with E-state index in [0.717, 1.165) is 12.1 Å². The molecule has 0 aliphatic heterocycles. The first kappa shape index (κ1) is 29.1. The maximum absolute atomic E-state index is 13.9. The SMILES string of the molecule is CN(C)C(=O)c1cc(OCc2cccc(OCCCC(=O)O)c2CCC(=O)O)cc(-c2ccc(F)c(F)c2)c1. The van der Waals surface area contributed by atoms with E-state index < -0.39 is 23.6 Å². The summed E-state index contributed by atoms with van der Waals surface area (Å²) < 4.78 is 39.2. The Morgan fingerprint density at radius 3 is 2.26 bits per heavy atom. The van der Waals surface area contributed by atoms with Crippen molar-refractivity contribution in [1.82, 2.24) is 4.90 Å². The zero-order valence-electron chi connectivity index (χ0n) is 21.6. The molecule has 0 unspecified atom stereocenters. The molecular formula is C29H29F2NO7. The zero-order chi connectivity index (χ0) is 28.5. The molecule has 206 valence electrons. The summed E-state index contributed by atoms with van der Waals surface area (Å²) in [6.45, 7) is 0.140. The van der Waals surface area contributed by atoms with E-state index in [4.69, 9.17) is 14.6 Å². The Morgan fingerprint density at radius 1 is 0.846 bits per heavy atom. The van der Waals surface area contributed by atoms with E-state index in [1.807, 2.05) is 0 Å². The van der Waals surface area contributed by atoms with Gasteiger partial charge in [0.15, 0.2) is 11.6 Å². The van der Waals surface area contributed by atoms with Gasteiger partial charge in [0.1, 0.15) is 18.1 Å². The van der Waals surface area contributed by atoms with E-state index in [1.165, 1.54) is 17.0 Å². The van der Waals surface area contributed by atoms with Crippen LogP contribution in [0.5, 0.6) is 11.5 Å². The van der Waals surface area contributed by atoms with Gasteiger partial charge in [-0.25, -0.2) is 8.78 Å². The van der Waals surface area contributed by atoms with Gasteiger partial charge in [0.05, 0.1) is 6.61 Å². The van der Waals surface area contributed by atoms with Crippen molar-refractivity contribution in [2.75, 3.05) is 20.7 Å². The van der Waals surface area contributed by atoms with Crippen LogP contribution in [0, 0.1) is 11.6 Å². The molecule has 0 bridgehead atoms. The number of hydrogen-bond donors (Lipinski definition) is 2. The summed E-state index contributed by atoms with van der Waals surface area (Å²) in [5, 5.41) is 18.1. The Morgan fingerprint density at radius 2 is 1.59 bits per heavy atom. The van der Waals surface area contributed by atoms with Gasteiger partial charge in [-0.1, -0.05) is 18.2 Å². The summed E-state index contributed by atoms with van der Waals surface area (Å²) in [4.78, 5) is 36.1. The molecule has 3 aromatic carbocycles. The molecule has 3 rings (SSSR count). The van der Waals surface area contributed by atoms with E-state index in [9.17, 15) is 28.3 Å². The minimum absolute atomic E-state index is 0.00188. The fraction of sp³-hybridized carbons (Fsp3) is 0.276.